The van der Waals surface area contributed by atoms with E-state index in [2.05, 4.69) is 44.0 Å². The Morgan fingerprint density at radius 1 is 1.17 bits per heavy atom. The van der Waals surface area contributed by atoms with Crippen LogP contribution in [0.15, 0.2) is 0 Å². The van der Waals surface area contributed by atoms with Gasteiger partial charge in [0, 0.05) is 26.2 Å². The fourth-order valence-corrected chi connectivity index (χ4v) is 1.85. The van der Waals surface area contributed by atoms with Crippen molar-refractivity contribution in [2.24, 2.45) is 5.84 Å². The van der Waals surface area contributed by atoms with Crippen LogP contribution in [-0.2, 0) is 0 Å². The van der Waals surface area contributed by atoms with Crippen molar-refractivity contribution >= 4 is 17.8 Å². The van der Waals surface area contributed by atoms with E-state index in [1.807, 2.05) is 7.05 Å². The molecular weight excluding hydrogens is 230 g/mol. The number of hydrazine groups is 1. The normalized spacial score (nSPS) is 14.4. The molecule has 3 N–H and O–H groups in total. The first-order valence-electron chi connectivity index (χ1n) is 6.40. The van der Waals surface area contributed by atoms with E-state index in [0.29, 0.717) is 23.9 Å². The van der Waals surface area contributed by atoms with Crippen LogP contribution in [0, 0.1) is 0 Å². The highest BCUT2D eigenvalue weighted by Gasteiger charge is 2.28. The number of nitrogen functional groups attached to an aromatic ring is 1. The summed E-state index contributed by atoms with van der Waals surface area (Å²) in [5.74, 6) is 7.19. The molecule has 0 aromatic carbocycles. The SMILES string of the molecule is CCN(CC)c1nc(NN)nc(N(C)C2CC2)n1. The summed E-state index contributed by atoms with van der Waals surface area (Å²) in [6.45, 7) is 5.87. The predicted molar refractivity (Wildman–Crippen MR) is 72.6 cm³/mol. The molecule has 18 heavy (non-hydrogen) atoms. The van der Waals surface area contributed by atoms with E-state index in [4.69, 9.17) is 5.84 Å². The molecule has 0 unspecified atom stereocenters. The molecule has 7 heteroatoms. The summed E-state index contributed by atoms with van der Waals surface area (Å²) in [5.41, 5.74) is 2.51. The fourth-order valence-electron chi connectivity index (χ4n) is 1.85. The molecule has 1 aromatic heterocycles. The van der Waals surface area contributed by atoms with E-state index in [1.54, 1.807) is 0 Å². The zero-order valence-electron chi connectivity index (χ0n) is 11.2. The van der Waals surface area contributed by atoms with Gasteiger partial charge in [-0.3, -0.25) is 5.43 Å². The zero-order valence-corrected chi connectivity index (χ0v) is 11.2. The molecule has 0 saturated heterocycles. The molecule has 0 radical (unpaired) electrons. The number of anilines is 3. The first-order chi connectivity index (χ1) is 8.69. The van der Waals surface area contributed by atoms with Crippen molar-refractivity contribution in [3.63, 3.8) is 0 Å². The molecule has 100 valence electrons. The van der Waals surface area contributed by atoms with Crippen LogP contribution < -0.4 is 21.1 Å². The summed E-state index contributed by atoms with van der Waals surface area (Å²) in [5, 5.41) is 0. The topological polar surface area (TPSA) is 83.2 Å². The summed E-state index contributed by atoms with van der Waals surface area (Å²) >= 11 is 0. The first-order valence-corrected chi connectivity index (χ1v) is 6.40. The Balaban J connectivity index is 2.31. The Bertz CT molecular complexity index is 380. The molecule has 0 atom stereocenters. The van der Waals surface area contributed by atoms with Gasteiger partial charge in [0.25, 0.3) is 0 Å². The summed E-state index contributed by atoms with van der Waals surface area (Å²) in [6, 6.07) is 0.558. The van der Waals surface area contributed by atoms with Crippen LogP contribution in [0.4, 0.5) is 17.8 Å². The molecule has 0 spiro atoms. The average molecular weight is 251 g/mol. The minimum Gasteiger partial charge on any atom is -0.341 e. The maximum atomic E-state index is 5.42. The van der Waals surface area contributed by atoms with E-state index < -0.39 is 0 Å². The monoisotopic (exact) mass is 251 g/mol. The van der Waals surface area contributed by atoms with Crippen molar-refractivity contribution in [2.75, 3.05) is 35.4 Å². The lowest BCUT2D eigenvalue weighted by Crippen LogP contribution is -2.28. The van der Waals surface area contributed by atoms with E-state index in [-0.39, 0.29) is 0 Å². The molecule has 1 aromatic rings. The molecule has 2 rings (SSSR count). The van der Waals surface area contributed by atoms with Crippen LogP contribution >= 0.6 is 0 Å². The van der Waals surface area contributed by atoms with Gasteiger partial charge in [-0.1, -0.05) is 0 Å². The third-order valence-corrected chi connectivity index (χ3v) is 3.20. The summed E-state index contributed by atoms with van der Waals surface area (Å²) in [7, 11) is 2.01. The molecule has 1 aliphatic rings. The van der Waals surface area contributed by atoms with Gasteiger partial charge in [-0.25, -0.2) is 5.84 Å². The predicted octanol–water partition coefficient (Wildman–Crippen LogP) is 0.602. The largest absolute Gasteiger partial charge is 0.341 e. The molecule has 0 amide bonds. The van der Waals surface area contributed by atoms with Gasteiger partial charge in [-0.15, -0.1) is 0 Å². The average Bonchev–Trinajstić information content (AvgIpc) is 3.23. The summed E-state index contributed by atoms with van der Waals surface area (Å²) in [4.78, 5) is 17.3. The number of rotatable bonds is 6. The van der Waals surface area contributed by atoms with Crippen molar-refractivity contribution in [1.29, 1.82) is 0 Å². The van der Waals surface area contributed by atoms with Gasteiger partial charge in [0.2, 0.25) is 17.8 Å². The molecule has 1 fully saturated rings. The lowest BCUT2D eigenvalue weighted by atomic mass is 10.5. The number of hydrogen-bond acceptors (Lipinski definition) is 7. The smallest absolute Gasteiger partial charge is 0.243 e. The highest BCUT2D eigenvalue weighted by molar-refractivity contribution is 5.45. The zero-order chi connectivity index (χ0) is 13.1. The number of nitrogens with one attached hydrogen (secondary N) is 1. The van der Waals surface area contributed by atoms with E-state index in [0.717, 1.165) is 13.1 Å². The van der Waals surface area contributed by atoms with Gasteiger partial charge in [-0.05, 0) is 26.7 Å². The van der Waals surface area contributed by atoms with Crippen LogP contribution in [0.5, 0.6) is 0 Å². The van der Waals surface area contributed by atoms with Gasteiger partial charge >= 0.3 is 0 Å². The van der Waals surface area contributed by atoms with Crippen LogP contribution in [0.25, 0.3) is 0 Å². The Hall–Kier alpha value is -1.63. The first kappa shape index (κ1) is 12.8. The summed E-state index contributed by atoms with van der Waals surface area (Å²) < 4.78 is 0. The van der Waals surface area contributed by atoms with Gasteiger partial charge in [0.15, 0.2) is 0 Å². The second-order valence-corrected chi connectivity index (χ2v) is 4.42. The molecular formula is C11H21N7. The van der Waals surface area contributed by atoms with Crippen molar-refractivity contribution in [3.8, 4) is 0 Å². The molecule has 7 nitrogen and oxygen atoms in total. The molecule has 0 bridgehead atoms. The lowest BCUT2D eigenvalue weighted by molar-refractivity contribution is 0.790. The standard InChI is InChI=1S/C11H21N7/c1-4-18(5-2)11-14-9(16-12)13-10(15-11)17(3)8-6-7-8/h8H,4-7,12H2,1-3H3,(H,13,14,15,16). The number of hydrogen-bond donors (Lipinski definition) is 2. The Labute approximate surface area is 107 Å². The van der Waals surface area contributed by atoms with Crippen LogP contribution in [0.1, 0.15) is 26.7 Å². The van der Waals surface area contributed by atoms with Crippen molar-refractivity contribution in [1.82, 2.24) is 15.0 Å². The second-order valence-electron chi connectivity index (χ2n) is 4.42. The number of nitrogens with two attached hydrogens (primary N) is 1. The summed E-state index contributed by atoms with van der Waals surface area (Å²) in [6.07, 6.45) is 2.41. The molecule has 1 heterocycles. The van der Waals surface area contributed by atoms with Crippen LogP contribution in [0.3, 0.4) is 0 Å². The maximum Gasteiger partial charge on any atom is 0.243 e. The van der Waals surface area contributed by atoms with Crippen molar-refractivity contribution in [2.45, 2.75) is 32.7 Å². The minimum absolute atomic E-state index is 0.411. The van der Waals surface area contributed by atoms with Crippen molar-refractivity contribution in [3.05, 3.63) is 0 Å². The lowest BCUT2D eigenvalue weighted by Gasteiger charge is -2.22. The molecule has 1 saturated carbocycles. The Kier molecular flexibility index (Phi) is 3.81. The molecule has 1 aliphatic carbocycles. The van der Waals surface area contributed by atoms with Crippen LogP contribution in [-0.4, -0.2) is 41.1 Å². The van der Waals surface area contributed by atoms with Crippen LogP contribution in [0.2, 0.25) is 0 Å². The highest BCUT2D eigenvalue weighted by atomic mass is 15.4. The number of aromatic nitrogens is 3. The molecule has 0 aliphatic heterocycles. The van der Waals surface area contributed by atoms with Gasteiger partial charge in [-0.2, -0.15) is 15.0 Å². The Morgan fingerprint density at radius 3 is 2.28 bits per heavy atom. The number of nitrogens with zero attached hydrogens (tertiary/aromatic N) is 5. The van der Waals surface area contributed by atoms with Gasteiger partial charge < -0.3 is 9.80 Å². The van der Waals surface area contributed by atoms with E-state index in [9.17, 15) is 0 Å². The Morgan fingerprint density at radius 2 is 1.78 bits per heavy atom. The third-order valence-electron chi connectivity index (χ3n) is 3.20. The minimum atomic E-state index is 0.411. The van der Waals surface area contributed by atoms with Gasteiger partial charge in [0.1, 0.15) is 0 Å². The second kappa shape index (κ2) is 5.34. The highest BCUT2D eigenvalue weighted by Crippen LogP contribution is 2.29. The maximum absolute atomic E-state index is 5.42. The van der Waals surface area contributed by atoms with Gasteiger partial charge in [0.05, 0.1) is 0 Å². The van der Waals surface area contributed by atoms with E-state index in [1.165, 1.54) is 12.8 Å². The van der Waals surface area contributed by atoms with E-state index >= 15 is 0 Å². The fraction of sp³-hybridized carbons (Fsp3) is 0.727. The quantitative estimate of drug-likeness (QED) is 0.566. The third kappa shape index (κ3) is 2.61. The van der Waals surface area contributed by atoms with Crippen molar-refractivity contribution < 1.29 is 0 Å².